The molecule has 3 rings (SSSR count). The maximum absolute atomic E-state index is 12.4. The molecule has 1 aromatic heterocycles. The summed E-state index contributed by atoms with van der Waals surface area (Å²) in [7, 11) is 0. The van der Waals surface area contributed by atoms with Gasteiger partial charge < -0.3 is 9.64 Å². The van der Waals surface area contributed by atoms with Crippen molar-refractivity contribution in [2.45, 2.75) is 19.4 Å². The number of rotatable bonds is 2. The first kappa shape index (κ1) is 13.8. The Labute approximate surface area is 121 Å². The summed E-state index contributed by atoms with van der Waals surface area (Å²) in [5.74, 6) is 0.00912. The number of morpholine rings is 1. The van der Waals surface area contributed by atoms with Gasteiger partial charge in [0.2, 0.25) is 5.91 Å². The van der Waals surface area contributed by atoms with Crippen LogP contribution in [0.4, 0.5) is 0 Å². The van der Waals surface area contributed by atoms with Gasteiger partial charge in [-0.1, -0.05) is 18.2 Å². The molecule has 0 spiro atoms. The molecule has 1 aliphatic heterocycles. The number of H-pyrrole nitrogens is 1. The number of carbonyl (C=O) groups is 1. The van der Waals surface area contributed by atoms with E-state index in [1.165, 1.54) is 0 Å². The van der Waals surface area contributed by atoms with E-state index in [1.807, 2.05) is 19.1 Å². The van der Waals surface area contributed by atoms with Crippen LogP contribution in [0.5, 0.6) is 0 Å². The molecule has 6 heteroatoms. The molecule has 21 heavy (non-hydrogen) atoms. The quantitative estimate of drug-likeness (QED) is 0.883. The monoisotopic (exact) mass is 287 g/mol. The summed E-state index contributed by atoms with van der Waals surface area (Å²) >= 11 is 0. The van der Waals surface area contributed by atoms with E-state index in [2.05, 4.69) is 10.2 Å². The summed E-state index contributed by atoms with van der Waals surface area (Å²) in [5, 5.41) is 7.80. The molecule has 1 aliphatic rings. The Bertz CT molecular complexity index is 725. The number of hydrogen-bond acceptors (Lipinski definition) is 4. The second kappa shape index (κ2) is 5.65. The van der Waals surface area contributed by atoms with Gasteiger partial charge in [0, 0.05) is 18.5 Å². The van der Waals surface area contributed by atoms with Gasteiger partial charge in [0.05, 0.1) is 30.2 Å². The molecule has 1 fully saturated rings. The van der Waals surface area contributed by atoms with Gasteiger partial charge in [-0.25, -0.2) is 5.10 Å². The van der Waals surface area contributed by atoms with E-state index >= 15 is 0 Å². The van der Waals surface area contributed by atoms with Crippen LogP contribution >= 0.6 is 0 Å². The number of aromatic amines is 1. The molecule has 1 saturated heterocycles. The average molecular weight is 287 g/mol. The second-order valence-electron chi connectivity index (χ2n) is 5.24. The van der Waals surface area contributed by atoms with Crippen LogP contribution in [0.15, 0.2) is 29.1 Å². The van der Waals surface area contributed by atoms with Crippen LogP contribution in [-0.2, 0) is 16.0 Å². The minimum Gasteiger partial charge on any atom is -0.375 e. The number of nitrogens with one attached hydrogen (secondary N) is 1. The van der Waals surface area contributed by atoms with Gasteiger partial charge in [0.25, 0.3) is 5.56 Å². The predicted molar refractivity (Wildman–Crippen MR) is 78.1 cm³/mol. The topological polar surface area (TPSA) is 75.3 Å². The van der Waals surface area contributed by atoms with E-state index in [1.54, 1.807) is 17.0 Å². The normalized spacial score (nSPS) is 18.9. The minimum absolute atomic E-state index is 0.00912. The third-order valence-corrected chi connectivity index (χ3v) is 3.69. The molecule has 0 aliphatic carbocycles. The number of hydrogen-bond donors (Lipinski definition) is 1. The molecule has 0 unspecified atom stereocenters. The molecular formula is C15H17N3O3. The van der Waals surface area contributed by atoms with Crippen LogP contribution in [-0.4, -0.2) is 46.8 Å². The zero-order valence-corrected chi connectivity index (χ0v) is 11.8. The number of nitrogens with zero attached hydrogens (tertiary/aromatic N) is 2. The maximum Gasteiger partial charge on any atom is 0.272 e. The average Bonchev–Trinajstić information content (AvgIpc) is 2.50. The van der Waals surface area contributed by atoms with Crippen molar-refractivity contribution in [2.75, 3.05) is 19.7 Å². The van der Waals surface area contributed by atoms with E-state index in [-0.39, 0.29) is 24.0 Å². The van der Waals surface area contributed by atoms with Crippen LogP contribution in [0.1, 0.15) is 12.6 Å². The van der Waals surface area contributed by atoms with Crippen molar-refractivity contribution in [2.24, 2.45) is 0 Å². The number of amides is 1. The molecule has 2 aromatic rings. The lowest BCUT2D eigenvalue weighted by atomic mass is 10.1. The Kier molecular flexibility index (Phi) is 3.70. The SMILES string of the molecule is C[C@H]1CN(C(=O)Cc2n[nH]c(=O)c3ccccc23)CCO1. The summed E-state index contributed by atoms with van der Waals surface area (Å²) in [4.78, 5) is 25.9. The van der Waals surface area contributed by atoms with E-state index in [0.29, 0.717) is 30.8 Å². The largest absolute Gasteiger partial charge is 0.375 e. The molecule has 1 amide bonds. The Morgan fingerprint density at radius 1 is 1.43 bits per heavy atom. The van der Waals surface area contributed by atoms with E-state index < -0.39 is 0 Å². The smallest absolute Gasteiger partial charge is 0.272 e. The fraction of sp³-hybridized carbons (Fsp3) is 0.400. The Balaban J connectivity index is 1.86. The third-order valence-electron chi connectivity index (χ3n) is 3.69. The lowest BCUT2D eigenvalue weighted by molar-refractivity contribution is -0.137. The van der Waals surface area contributed by atoms with Crippen LogP contribution in [0.2, 0.25) is 0 Å². The third kappa shape index (κ3) is 2.80. The molecule has 1 aromatic carbocycles. The van der Waals surface area contributed by atoms with Crippen LogP contribution in [0.3, 0.4) is 0 Å². The summed E-state index contributed by atoms with van der Waals surface area (Å²) in [6.07, 6.45) is 0.243. The highest BCUT2D eigenvalue weighted by atomic mass is 16.5. The lowest BCUT2D eigenvalue weighted by Crippen LogP contribution is -2.45. The fourth-order valence-electron chi connectivity index (χ4n) is 2.61. The Morgan fingerprint density at radius 2 is 2.19 bits per heavy atom. The fourth-order valence-corrected chi connectivity index (χ4v) is 2.61. The van der Waals surface area contributed by atoms with Crippen molar-refractivity contribution in [3.8, 4) is 0 Å². The molecule has 110 valence electrons. The van der Waals surface area contributed by atoms with Crippen molar-refractivity contribution >= 4 is 16.7 Å². The van der Waals surface area contributed by atoms with E-state index in [0.717, 1.165) is 5.39 Å². The highest BCUT2D eigenvalue weighted by molar-refractivity contribution is 5.88. The molecule has 1 N–H and O–H groups in total. The van der Waals surface area contributed by atoms with E-state index in [4.69, 9.17) is 4.74 Å². The summed E-state index contributed by atoms with van der Waals surface area (Å²) < 4.78 is 5.44. The molecular weight excluding hydrogens is 270 g/mol. The number of aromatic nitrogens is 2. The van der Waals surface area contributed by atoms with Crippen molar-refractivity contribution < 1.29 is 9.53 Å². The van der Waals surface area contributed by atoms with Crippen molar-refractivity contribution in [1.82, 2.24) is 15.1 Å². The highest BCUT2D eigenvalue weighted by Gasteiger charge is 2.22. The Hall–Kier alpha value is -2.21. The zero-order valence-electron chi connectivity index (χ0n) is 11.8. The first-order valence-electron chi connectivity index (χ1n) is 7.01. The van der Waals surface area contributed by atoms with Gasteiger partial charge in [-0.3, -0.25) is 9.59 Å². The van der Waals surface area contributed by atoms with E-state index in [9.17, 15) is 9.59 Å². The number of ether oxygens (including phenoxy) is 1. The Morgan fingerprint density at radius 3 is 2.95 bits per heavy atom. The molecule has 1 atom stereocenters. The van der Waals surface area contributed by atoms with Crippen LogP contribution < -0.4 is 5.56 Å². The molecule has 0 saturated carbocycles. The molecule has 0 bridgehead atoms. The van der Waals surface area contributed by atoms with Crippen LogP contribution in [0.25, 0.3) is 10.8 Å². The molecule has 6 nitrogen and oxygen atoms in total. The van der Waals surface area contributed by atoms with Gasteiger partial charge in [-0.15, -0.1) is 0 Å². The standard InChI is InChI=1S/C15H17N3O3/c1-10-9-18(6-7-21-10)14(19)8-13-11-4-2-3-5-12(11)15(20)17-16-13/h2-5,10H,6-9H2,1H3,(H,17,20)/t10-/m0/s1. The van der Waals surface area contributed by atoms with Gasteiger partial charge in [-0.2, -0.15) is 5.10 Å². The van der Waals surface area contributed by atoms with Crippen molar-refractivity contribution in [3.63, 3.8) is 0 Å². The van der Waals surface area contributed by atoms with Gasteiger partial charge in [-0.05, 0) is 13.0 Å². The minimum atomic E-state index is -0.234. The van der Waals surface area contributed by atoms with Crippen molar-refractivity contribution in [3.05, 3.63) is 40.3 Å². The first-order chi connectivity index (χ1) is 10.1. The summed E-state index contributed by atoms with van der Waals surface area (Å²) in [6, 6.07) is 7.20. The zero-order chi connectivity index (χ0) is 14.8. The van der Waals surface area contributed by atoms with Crippen LogP contribution in [0, 0.1) is 0 Å². The van der Waals surface area contributed by atoms with Gasteiger partial charge >= 0.3 is 0 Å². The number of carbonyl (C=O) groups excluding carboxylic acids is 1. The number of benzene rings is 1. The predicted octanol–water partition coefficient (Wildman–Crippen LogP) is 0.713. The molecule has 0 radical (unpaired) electrons. The van der Waals surface area contributed by atoms with Crippen molar-refractivity contribution in [1.29, 1.82) is 0 Å². The van der Waals surface area contributed by atoms with Gasteiger partial charge in [0.15, 0.2) is 0 Å². The number of fused-ring (bicyclic) bond motifs is 1. The maximum atomic E-state index is 12.4. The second-order valence-corrected chi connectivity index (χ2v) is 5.24. The molecule has 2 heterocycles. The summed E-state index contributed by atoms with van der Waals surface area (Å²) in [6.45, 7) is 3.71. The highest BCUT2D eigenvalue weighted by Crippen LogP contribution is 2.14. The first-order valence-corrected chi connectivity index (χ1v) is 7.01. The summed E-state index contributed by atoms with van der Waals surface area (Å²) in [5.41, 5.74) is 0.371. The lowest BCUT2D eigenvalue weighted by Gasteiger charge is -2.31. The van der Waals surface area contributed by atoms with Gasteiger partial charge in [0.1, 0.15) is 0 Å².